The molecule has 2 heterocycles. The van der Waals surface area contributed by atoms with Crippen LogP contribution in [-0.4, -0.2) is 34.5 Å². The Balaban J connectivity index is 1.38. The molecule has 3 aromatic rings. The molecule has 2 amide bonds. The van der Waals surface area contributed by atoms with Crippen molar-refractivity contribution < 1.29 is 23.5 Å². The van der Waals surface area contributed by atoms with Gasteiger partial charge < -0.3 is 19.8 Å². The van der Waals surface area contributed by atoms with Gasteiger partial charge in [-0.1, -0.05) is 0 Å². The second-order valence-electron chi connectivity index (χ2n) is 7.29. The largest absolute Gasteiger partial charge is 0.497 e. The average molecular weight is 422 g/mol. The molecule has 1 aliphatic rings. The van der Waals surface area contributed by atoms with Gasteiger partial charge in [0.25, 0.3) is 5.91 Å². The minimum atomic E-state index is -0.457. The van der Waals surface area contributed by atoms with E-state index in [9.17, 15) is 14.4 Å². The first-order valence-corrected chi connectivity index (χ1v) is 9.87. The van der Waals surface area contributed by atoms with Crippen LogP contribution < -0.4 is 15.4 Å². The number of ether oxygens (including phenoxy) is 1. The lowest BCUT2D eigenvalue weighted by Crippen LogP contribution is -2.19. The molecule has 9 heteroatoms. The predicted molar refractivity (Wildman–Crippen MR) is 113 cm³/mol. The normalized spacial score (nSPS) is 12.9. The number of carbonyl (C=O) groups excluding carboxylic acids is 3. The third-order valence-electron chi connectivity index (χ3n) is 5.08. The lowest BCUT2D eigenvalue weighted by atomic mass is 9.94. The molecule has 2 aromatic heterocycles. The number of methoxy groups -OCH3 is 1. The summed E-state index contributed by atoms with van der Waals surface area (Å²) in [7, 11) is 1.57. The summed E-state index contributed by atoms with van der Waals surface area (Å²) in [5.74, 6) is 0.691. The molecule has 0 saturated carbocycles. The Kier molecular flexibility index (Phi) is 5.57. The summed E-state index contributed by atoms with van der Waals surface area (Å²) in [5.41, 5.74) is 2.14. The highest BCUT2D eigenvalue weighted by Crippen LogP contribution is 2.29. The van der Waals surface area contributed by atoms with E-state index in [1.807, 2.05) is 0 Å². The van der Waals surface area contributed by atoms with E-state index in [1.54, 1.807) is 44.5 Å². The SMILES string of the molecule is COc1ccc(NC(=O)Cn2cc(NC(=O)c3oc4c(c3C)C(=O)CCC4)cn2)cc1. The molecule has 0 bridgehead atoms. The molecule has 160 valence electrons. The van der Waals surface area contributed by atoms with Crippen molar-refractivity contribution in [3.8, 4) is 5.75 Å². The maximum Gasteiger partial charge on any atom is 0.291 e. The van der Waals surface area contributed by atoms with Crippen molar-refractivity contribution in [3.05, 3.63) is 59.3 Å². The molecule has 0 atom stereocenters. The number of aromatic nitrogens is 2. The van der Waals surface area contributed by atoms with Crippen LogP contribution in [0.2, 0.25) is 0 Å². The molecule has 4 rings (SSSR count). The summed E-state index contributed by atoms with van der Waals surface area (Å²) in [6, 6.07) is 6.97. The van der Waals surface area contributed by atoms with Crippen LogP contribution >= 0.6 is 0 Å². The molecular formula is C22H22N4O5. The van der Waals surface area contributed by atoms with Crippen LogP contribution in [0, 0.1) is 6.92 Å². The number of ketones is 1. The molecular weight excluding hydrogens is 400 g/mol. The van der Waals surface area contributed by atoms with Gasteiger partial charge in [-0.2, -0.15) is 5.10 Å². The van der Waals surface area contributed by atoms with E-state index in [4.69, 9.17) is 9.15 Å². The Morgan fingerprint density at radius 1 is 1.16 bits per heavy atom. The quantitative estimate of drug-likeness (QED) is 0.630. The van der Waals surface area contributed by atoms with Crippen LogP contribution in [0.4, 0.5) is 11.4 Å². The Morgan fingerprint density at radius 2 is 1.94 bits per heavy atom. The van der Waals surface area contributed by atoms with E-state index in [1.165, 1.54) is 10.9 Å². The summed E-state index contributed by atoms with van der Waals surface area (Å²) < 4.78 is 12.2. The maximum absolute atomic E-state index is 12.6. The molecule has 0 radical (unpaired) electrons. The van der Waals surface area contributed by atoms with Crippen molar-refractivity contribution in [2.75, 3.05) is 17.7 Å². The van der Waals surface area contributed by atoms with Crippen LogP contribution in [0.5, 0.6) is 5.75 Å². The van der Waals surface area contributed by atoms with Gasteiger partial charge in [0.2, 0.25) is 5.91 Å². The number of benzene rings is 1. The van der Waals surface area contributed by atoms with E-state index in [2.05, 4.69) is 15.7 Å². The Hall–Kier alpha value is -3.88. The molecule has 1 aromatic carbocycles. The van der Waals surface area contributed by atoms with Crippen LogP contribution in [-0.2, 0) is 17.8 Å². The van der Waals surface area contributed by atoms with Crippen molar-refractivity contribution >= 4 is 29.0 Å². The Morgan fingerprint density at radius 3 is 2.65 bits per heavy atom. The number of fused-ring (bicyclic) bond motifs is 1. The number of aryl methyl sites for hydroxylation is 1. The number of anilines is 2. The second kappa shape index (κ2) is 8.47. The van der Waals surface area contributed by atoms with Gasteiger partial charge in [0, 0.05) is 30.3 Å². The minimum absolute atomic E-state index is 0.0113. The van der Waals surface area contributed by atoms with E-state index in [-0.39, 0.29) is 24.0 Å². The highest BCUT2D eigenvalue weighted by atomic mass is 16.5. The molecule has 1 aliphatic carbocycles. The van der Waals surface area contributed by atoms with Gasteiger partial charge in [-0.05, 0) is 37.6 Å². The first-order valence-electron chi connectivity index (χ1n) is 9.87. The molecule has 0 unspecified atom stereocenters. The van der Waals surface area contributed by atoms with Crippen molar-refractivity contribution in [3.63, 3.8) is 0 Å². The van der Waals surface area contributed by atoms with Crippen molar-refractivity contribution in [2.24, 2.45) is 0 Å². The van der Waals surface area contributed by atoms with Crippen molar-refractivity contribution in [1.29, 1.82) is 0 Å². The summed E-state index contributed by atoms with van der Waals surface area (Å²) in [6.45, 7) is 1.69. The molecule has 0 fully saturated rings. The zero-order chi connectivity index (χ0) is 22.0. The zero-order valence-corrected chi connectivity index (χ0v) is 17.2. The average Bonchev–Trinajstić information content (AvgIpc) is 3.33. The lowest BCUT2D eigenvalue weighted by Gasteiger charge is -2.07. The molecule has 2 N–H and O–H groups in total. The van der Waals surface area contributed by atoms with Gasteiger partial charge in [-0.15, -0.1) is 0 Å². The number of hydrogen-bond donors (Lipinski definition) is 2. The fraction of sp³-hybridized carbons (Fsp3) is 0.273. The lowest BCUT2D eigenvalue weighted by molar-refractivity contribution is -0.116. The number of rotatable bonds is 6. The van der Waals surface area contributed by atoms with Gasteiger partial charge in [-0.25, -0.2) is 0 Å². The Bertz CT molecular complexity index is 1140. The number of amides is 2. The molecule has 0 spiro atoms. The molecule has 9 nitrogen and oxygen atoms in total. The second-order valence-corrected chi connectivity index (χ2v) is 7.29. The number of furan rings is 1. The van der Waals surface area contributed by atoms with Crippen LogP contribution in [0.25, 0.3) is 0 Å². The predicted octanol–water partition coefficient (Wildman–Crippen LogP) is 3.20. The third-order valence-corrected chi connectivity index (χ3v) is 5.08. The number of carbonyl (C=O) groups is 3. The minimum Gasteiger partial charge on any atom is -0.497 e. The Labute approximate surface area is 178 Å². The zero-order valence-electron chi connectivity index (χ0n) is 17.2. The smallest absolute Gasteiger partial charge is 0.291 e. The van der Waals surface area contributed by atoms with Gasteiger partial charge in [-0.3, -0.25) is 19.1 Å². The van der Waals surface area contributed by atoms with Crippen LogP contribution in [0.3, 0.4) is 0 Å². The maximum atomic E-state index is 12.6. The van der Waals surface area contributed by atoms with E-state index in [0.717, 1.165) is 6.42 Å². The van der Waals surface area contributed by atoms with Gasteiger partial charge in [0.05, 0.1) is 24.6 Å². The fourth-order valence-electron chi connectivity index (χ4n) is 3.59. The van der Waals surface area contributed by atoms with E-state index >= 15 is 0 Å². The van der Waals surface area contributed by atoms with E-state index in [0.29, 0.717) is 46.9 Å². The fourth-order valence-corrected chi connectivity index (χ4v) is 3.59. The van der Waals surface area contributed by atoms with Crippen molar-refractivity contribution in [2.45, 2.75) is 32.7 Å². The van der Waals surface area contributed by atoms with Gasteiger partial charge >= 0.3 is 0 Å². The molecule has 31 heavy (non-hydrogen) atoms. The molecule has 0 saturated heterocycles. The summed E-state index contributed by atoms with van der Waals surface area (Å²) in [6.07, 6.45) is 4.85. The highest BCUT2D eigenvalue weighted by Gasteiger charge is 2.28. The summed E-state index contributed by atoms with van der Waals surface area (Å²) in [4.78, 5) is 37.0. The third kappa shape index (κ3) is 4.35. The standard InChI is InChI=1S/C22H22N4O5/c1-13-20-17(27)4-3-5-18(20)31-21(13)22(29)25-15-10-23-26(11-15)12-19(28)24-14-6-8-16(30-2)9-7-14/h6-11H,3-5,12H2,1-2H3,(H,24,28)(H,25,29). The number of hydrogen-bond acceptors (Lipinski definition) is 6. The van der Waals surface area contributed by atoms with Gasteiger partial charge in [0.15, 0.2) is 11.5 Å². The summed E-state index contributed by atoms with van der Waals surface area (Å²) >= 11 is 0. The molecule has 0 aliphatic heterocycles. The first kappa shape index (κ1) is 20.4. The number of nitrogens with zero attached hydrogens (tertiary/aromatic N) is 2. The van der Waals surface area contributed by atoms with Crippen LogP contribution in [0.1, 0.15) is 45.1 Å². The topological polar surface area (TPSA) is 115 Å². The summed E-state index contributed by atoms with van der Waals surface area (Å²) in [5, 5.41) is 9.58. The number of nitrogens with one attached hydrogen (secondary N) is 2. The first-order chi connectivity index (χ1) is 14.9. The highest BCUT2D eigenvalue weighted by molar-refractivity contribution is 6.07. The van der Waals surface area contributed by atoms with E-state index < -0.39 is 5.91 Å². The van der Waals surface area contributed by atoms with Crippen LogP contribution in [0.15, 0.2) is 41.1 Å². The monoisotopic (exact) mass is 422 g/mol. The van der Waals surface area contributed by atoms with Gasteiger partial charge in [0.1, 0.15) is 18.1 Å². The van der Waals surface area contributed by atoms with Crippen molar-refractivity contribution in [1.82, 2.24) is 9.78 Å². The number of Topliss-reactive ketones (excluding diaryl/α,β-unsaturated/α-hetero) is 1.